The molecule has 0 saturated carbocycles. The van der Waals surface area contributed by atoms with Gasteiger partial charge in [0.2, 0.25) is 5.95 Å². The first-order valence-corrected chi connectivity index (χ1v) is 7.94. The highest BCUT2D eigenvalue weighted by Crippen LogP contribution is 2.23. The third-order valence-electron chi connectivity index (χ3n) is 3.50. The minimum atomic E-state index is -0.278. The molecule has 0 spiro atoms. The van der Waals surface area contributed by atoms with E-state index in [0.29, 0.717) is 24.9 Å². The summed E-state index contributed by atoms with van der Waals surface area (Å²) in [7, 11) is 1.64. The van der Waals surface area contributed by atoms with Gasteiger partial charge in [0.05, 0.1) is 12.3 Å². The summed E-state index contributed by atoms with van der Waals surface area (Å²) in [5.41, 5.74) is 2.53. The third-order valence-corrected chi connectivity index (χ3v) is 3.50. The number of anilines is 3. The van der Waals surface area contributed by atoms with Crippen LogP contribution in [0, 0.1) is 5.82 Å². The van der Waals surface area contributed by atoms with Gasteiger partial charge in [0, 0.05) is 31.0 Å². The van der Waals surface area contributed by atoms with Crippen molar-refractivity contribution in [1.82, 2.24) is 9.97 Å². The van der Waals surface area contributed by atoms with E-state index in [-0.39, 0.29) is 5.82 Å². The molecule has 0 aliphatic carbocycles. The Morgan fingerprint density at radius 1 is 1.00 bits per heavy atom. The van der Waals surface area contributed by atoms with Crippen LogP contribution in [0.5, 0.6) is 0 Å². The maximum Gasteiger partial charge on any atom is 0.225 e. The number of halogens is 1. The first kappa shape index (κ1) is 16.9. The fourth-order valence-corrected chi connectivity index (χ4v) is 2.29. The Morgan fingerprint density at radius 3 is 2.48 bits per heavy atom. The number of rotatable bonds is 7. The van der Waals surface area contributed by atoms with Crippen LogP contribution in [-0.2, 0) is 4.74 Å². The summed E-state index contributed by atoms with van der Waals surface area (Å²) in [4.78, 5) is 9.02. The van der Waals surface area contributed by atoms with Crippen LogP contribution < -0.4 is 10.6 Å². The van der Waals surface area contributed by atoms with Gasteiger partial charge in [-0.1, -0.05) is 30.3 Å². The quantitative estimate of drug-likeness (QED) is 0.636. The molecule has 0 bridgehead atoms. The van der Waals surface area contributed by atoms with Crippen LogP contribution in [0.25, 0.3) is 11.3 Å². The molecule has 0 aliphatic heterocycles. The van der Waals surface area contributed by atoms with Crippen LogP contribution in [0.1, 0.15) is 0 Å². The van der Waals surface area contributed by atoms with Crippen molar-refractivity contribution in [2.45, 2.75) is 0 Å². The molecule has 1 heterocycles. The zero-order valence-electron chi connectivity index (χ0n) is 13.9. The van der Waals surface area contributed by atoms with E-state index < -0.39 is 0 Å². The molecule has 0 amide bonds. The molecule has 1 aromatic heterocycles. The number of hydrogen-bond donors (Lipinski definition) is 2. The molecule has 25 heavy (non-hydrogen) atoms. The second-order valence-electron chi connectivity index (χ2n) is 5.38. The topological polar surface area (TPSA) is 59.1 Å². The Kier molecular flexibility index (Phi) is 5.53. The number of aromatic nitrogens is 2. The Bertz CT molecular complexity index is 809. The minimum Gasteiger partial charge on any atom is -0.383 e. The summed E-state index contributed by atoms with van der Waals surface area (Å²) in [5.74, 6) is 0.850. The number of nitrogens with one attached hydrogen (secondary N) is 2. The average molecular weight is 338 g/mol. The van der Waals surface area contributed by atoms with Crippen molar-refractivity contribution in [3.63, 3.8) is 0 Å². The smallest absolute Gasteiger partial charge is 0.225 e. The summed E-state index contributed by atoms with van der Waals surface area (Å²) in [6.45, 7) is 1.16. The predicted molar refractivity (Wildman–Crippen MR) is 97.5 cm³/mol. The van der Waals surface area contributed by atoms with Crippen molar-refractivity contribution in [1.29, 1.82) is 0 Å². The number of hydrogen-bond acceptors (Lipinski definition) is 5. The molecular weight excluding hydrogens is 319 g/mol. The summed E-state index contributed by atoms with van der Waals surface area (Å²) < 4.78 is 18.1. The number of methoxy groups -OCH3 is 1. The molecular formula is C19H19FN4O. The Hall–Kier alpha value is -2.99. The Labute approximate surface area is 145 Å². The summed E-state index contributed by atoms with van der Waals surface area (Å²) in [5, 5.41) is 6.33. The van der Waals surface area contributed by atoms with E-state index in [1.807, 2.05) is 36.4 Å². The summed E-state index contributed by atoms with van der Waals surface area (Å²) in [6, 6.07) is 17.9. The second kappa shape index (κ2) is 8.21. The molecule has 0 unspecified atom stereocenters. The highest BCUT2D eigenvalue weighted by molar-refractivity contribution is 5.67. The van der Waals surface area contributed by atoms with Gasteiger partial charge in [-0.15, -0.1) is 0 Å². The second-order valence-corrected chi connectivity index (χ2v) is 5.38. The molecule has 0 aliphatic rings. The molecule has 0 saturated heterocycles. The van der Waals surface area contributed by atoms with Crippen molar-refractivity contribution >= 4 is 17.5 Å². The lowest BCUT2D eigenvalue weighted by atomic mass is 10.1. The largest absolute Gasteiger partial charge is 0.383 e. The molecule has 6 heteroatoms. The van der Waals surface area contributed by atoms with Gasteiger partial charge in [0.25, 0.3) is 0 Å². The standard InChI is InChI=1S/C19H19FN4O/c1-25-12-11-21-19-23-17(14-5-3-2-4-6-14)13-18(24-19)22-16-9-7-15(20)8-10-16/h2-10,13H,11-12H2,1H3,(H2,21,22,23,24). The van der Waals surface area contributed by atoms with Crippen LogP contribution in [0.3, 0.4) is 0 Å². The predicted octanol–water partition coefficient (Wildman–Crippen LogP) is 4.08. The molecule has 0 radical (unpaired) electrons. The highest BCUT2D eigenvalue weighted by Gasteiger charge is 2.07. The van der Waals surface area contributed by atoms with Crippen LogP contribution >= 0.6 is 0 Å². The third kappa shape index (κ3) is 4.74. The van der Waals surface area contributed by atoms with Crippen LogP contribution in [0.15, 0.2) is 60.7 Å². The normalized spacial score (nSPS) is 10.5. The van der Waals surface area contributed by atoms with Crippen molar-refractivity contribution in [3.05, 3.63) is 66.5 Å². The van der Waals surface area contributed by atoms with Gasteiger partial charge in [-0.25, -0.2) is 9.37 Å². The number of nitrogens with zero attached hydrogens (tertiary/aromatic N) is 2. The lowest BCUT2D eigenvalue weighted by molar-refractivity contribution is 0.210. The van der Waals surface area contributed by atoms with E-state index in [2.05, 4.69) is 20.6 Å². The number of ether oxygens (including phenoxy) is 1. The van der Waals surface area contributed by atoms with Gasteiger partial charge in [-0.05, 0) is 24.3 Å². The van der Waals surface area contributed by atoms with E-state index in [0.717, 1.165) is 16.9 Å². The maximum absolute atomic E-state index is 13.1. The van der Waals surface area contributed by atoms with Crippen molar-refractivity contribution in [2.24, 2.45) is 0 Å². The lowest BCUT2D eigenvalue weighted by Crippen LogP contribution is -2.11. The fourth-order valence-electron chi connectivity index (χ4n) is 2.29. The van der Waals surface area contributed by atoms with E-state index >= 15 is 0 Å². The van der Waals surface area contributed by atoms with Crippen LogP contribution in [0.4, 0.5) is 21.8 Å². The van der Waals surface area contributed by atoms with Gasteiger partial charge in [0.1, 0.15) is 11.6 Å². The fraction of sp³-hybridized carbons (Fsp3) is 0.158. The first-order valence-electron chi connectivity index (χ1n) is 7.94. The molecule has 3 rings (SSSR count). The Morgan fingerprint density at radius 2 is 1.76 bits per heavy atom. The van der Waals surface area contributed by atoms with Crippen molar-refractivity contribution < 1.29 is 9.13 Å². The highest BCUT2D eigenvalue weighted by atomic mass is 19.1. The zero-order valence-corrected chi connectivity index (χ0v) is 13.9. The first-order chi connectivity index (χ1) is 12.2. The van der Waals surface area contributed by atoms with Gasteiger partial charge in [0.15, 0.2) is 0 Å². The van der Waals surface area contributed by atoms with Crippen molar-refractivity contribution in [3.8, 4) is 11.3 Å². The van der Waals surface area contributed by atoms with E-state index in [1.54, 1.807) is 19.2 Å². The van der Waals surface area contributed by atoms with E-state index in [1.165, 1.54) is 12.1 Å². The summed E-state index contributed by atoms with van der Waals surface area (Å²) >= 11 is 0. The maximum atomic E-state index is 13.1. The van der Waals surface area contributed by atoms with Gasteiger partial charge in [-0.3, -0.25) is 0 Å². The molecule has 2 aromatic carbocycles. The van der Waals surface area contributed by atoms with Gasteiger partial charge >= 0.3 is 0 Å². The molecule has 128 valence electrons. The monoisotopic (exact) mass is 338 g/mol. The summed E-state index contributed by atoms with van der Waals surface area (Å²) in [6.07, 6.45) is 0. The molecule has 3 aromatic rings. The van der Waals surface area contributed by atoms with E-state index in [9.17, 15) is 4.39 Å². The van der Waals surface area contributed by atoms with Crippen LogP contribution in [0.2, 0.25) is 0 Å². The van der Waals surface area contributed by atoms with E-state index in [4.69, 9.17) is 4.74 Å². The SMILES string of the molecule is COCCNc1nc(Nc2ccc(F)cc2)cc(-c2ccccc2)n1. The number of benzene rings is 2. The zero-order chi connectivity index (χ0) is 17.5. The minimum absolute atomic E-state index is 0.278. The average Bonchev–Trinajstić information content (AvgIpc) is 2.64. The molecule has 0 atom stereocenters. The molecule has 2 N–H and O–H groups in total. The van der Waals surface area contributed by atoms with Gasteiger partial charge < -0.3 is 15.4 Å². The molecule has 0 fully saturated rings. The molecule has 5 nitrogen and oxygen atoms in total. The van der Waals surface area contributed by atoms with Crippen molar-refractivity contribution in [2.75, 3.05) is 30.9 Å². The van der Waals surface area contributed by atoms with Crippen LogP contribution in [-0.4, -0.2) is 30.2 Å². The Balaban J connectivity index is 1.89. The lowest BCUT2D eigenvalue weighted by Gasteiger charge is -2.11. The van der Waals surface area contributed by atoms with Gasteiger partial charge in [-0.2, -0.15) is 4.98 Å².